The first-order valence-corrected chi connectivity index (χ1v) is 43.0. The molecule has 0 radical (unpaired) electrons. The number of fused-ring (bicyclic) bond motifs is 15. The van der Waals surface area contributed by atoms with Crippen LogP contribution in [0.1, 0.15) is 87.2 Å². The minimum atomic E-state index is 0.0359. The zero-order valence-electron chi connectivity index (χ0n) is 72.6. The van der Waals surface area contributed by atoms with Gasteiger partial charge in [-0.3, -0.25) is 0 Å². The molecule has 15 aromatic carbocycles. The number of hydrogen-bond donors (Lipinski definition) is 0. The number of aryl methyl sites for hydroxylation is 2. The SMILES string of the molecule is CC(C)n1c2ccccc2c2cc(N(C)c3ccccc3)ccc21.CCC(C)n1c2ccccc2c2cc(N(C)c3ccccc3)ccc21.CCCn1c2ccccc2c2cc(N(C)c3ccccc3)ccc21.CCn1c2ccccc2c2cc(N(C)c3ccccc3)ccc21.CN(c1ccccc1)c1ccc2c(c1)c1ccccc1n2C(C)(C)C. The topological polar surface area (TPSA) is 40.9 Å². The van der Waals surface area contributed by atoms with E-state index in [9.17, 15) is 0 Å². The van der Waals surface area contributed by atoms with Crippen molar-refractivity contribution in [3.63, 3.8) is 0 Å². The molecule has 0 spiro atoms. The third-order valence-corrected chi connectivity index (χ3v) is 24.2. The maximum absolute atomic E-state index is 2.48. The highest BCUT2D eigenvalue weighted by Crippen LogP contribution is 2.42. The number of para-hydroxylation sites is 10. The molecule has 20 aromatic rings. The average Bonchev–Trinajstić information content (AvgIpc) is 1.58. The molecule has 0 amide bonds. The zero-order chi connectivity index (χ0) is 84.0. The van der Waals surface area contributed by atoms with Crippen LogP contribution < -0.4 is 24.5 Å². The quantitative estimate of drug-likeness (QED) is 0.0964. The molecule has 5 aromatic heterocycles. The molecule has 10 nitrogen and oxygen atoms in total. The highest BCUT2D eigenvalue weighted by molar-refractivity contribution is 6.13. The smallest absolute Gasteiger partial charge is 0.0497 e. The van der Waals surface area contributed by atoms with Gasteiger partial charge in [0.1, 0.15) is 0 Å². The fourth-order valence-electron chi connectivity index (χ4n) is 17.8. The number of rotatable bonds is 16. The molecular weight excluding hydrogens is 1470 g/mol. The first-order chi connectivity index (χ1) is 58.9. The van der Waals surface area contributed by atoms with Gasteiger partial charge in [-0.05, 0) is 243 Å². The van der Waals surface area contributed by atoms with Crippen molar-refractivity contribution in [3.05, 3.63) is 364 Å². The monoisotopic (exact) mass is 1580 g/mol. The lowest BCUT2D eigenvalue weighted by Gasteiger charge is -2.24. The van der Waals surface area contributed by atoms with Crippen LogP contribution in [-0.4, -0.2) is 58.1 Å². The Labute approximate surface area is 713 Å². The predicted molar refractivity (Wildman–Crippen MR) is 526 cm³/mol. The van der Waals surface area contributed by atoms with Crippen molar-refractivity contribution < 1.29 is 0 Å². The number of anilines is 10. The molecule has 1 unspecified atom stereocenters. The van der Waals surface area contributed by atoms with Crippen LogP contribution in [0.4, 0.5) is 56.9 Å². The Morgan fingerprint density at radius 2 is 0.471 bits per heavy atom. The lowest BCUT2D eigenvalue weighted by molar-refractivity contribution is 0.423. The molecule has 0 aliphatic rings. The molecule has 121 heavy (non-hydrogen) atoms. The van der Waals surface area contributed by atoms with Crippen LogP contribution in [0.3, 0.4) is 0 Å². The summed E-state index contributed by atoms with van der Waals surface area (Å²) in [5.74, 6) is 0. The second-order valence-electron chi connectivity index (χ2n) is 33.1. The number of nitrogens with zero attached hydrogens (tertiary/aromatic N) is 10. The van der Waals surface area contributed by atoms with E-state index in [2.05, 4.69) is 509 Å². The van der Waals surface area contributed by atoms with Gasteiger partial charge in [-0.1, -0.05) is 196 Å². The van der Waals surface area contributed by atoms with Gasteiger partial charge in [-0.2, -0.15) is 0 Å². The Hall–Kier alpha value is -13.7. The lowest BCUT2D eigenvalue weighted by atomic mass is 10.1. The molecule has 0 fully saturated rings. The van der Waals surface area contributed by atoms with Crippen LogP contribution in [0, 0.1) is 0 Å². The van der Waals surface area contributed by atoms with E-state index in [1.807, 2.05) is 0 Å². The molecule has 0 N–H and O–H groups in total. The van der Waals surface area contributed by atoms with Gasteiger partial charge < -0.3 is 47.3 Å². The van der Waals surface area contributed by atoms with E-state index < -0.39 is 0 Å². The molecule has 0 aliphatic carbocycles. The summed E-state index contributed by atoms with van der Waals surface area (Å²) in [6, 6.07) is 131. The summed E-state index contributed by atoms with van der Waals surface area (Å²) < 4.78 is 12.2. The van der Waals surface area contributed by atoms with E-state index in [1.165, 1.54) is 166 Å². The first-order valence-electron chi connectivity index (χ1n) is 43.0. The largest absolute Gasteiger partial charge is 0.345 e. The average molecular weight is 1590 g/mol. The number of aromatic nitrogens is 5. The van der Waals surface area contributed by atoms with Gasteiger partial charge in [-0.15, -0.1) is 0 Å². The van der Waals surface area contributed by atoms with E-state index in [1.54, 1.807) is 0 Å². The van der Waals surface area contributed by atoms with Gasteiger partial charge in [0.05, 0.1) is 0 Å². The third kappa shape index (κ3) is 16.2. The minimum Gasteiger partial charge on any atom is -0.345 e. The molecule has 0 aliphatic heterocycles. The van der Waals surface area contributed by atoms with Gasteiger partial charge in [0.25, 0.3) is 0 Å². The molecule has 0 saturated carbocycles. The van der Waals surface area contributed by atoms with Gasteiger partial charge in [0.2, 0.25) is 0 Å². The van der Waals surface area contributed by atoms with Crippen molar-refractivity contribution in [2.75, 3.05) is 59.7 Å². The number of hydrogen-bond acceptors (Lipinski definition) is 5. The van der Waals surface area contributed by atoms with E-state index in [4.69, 9.17) is 0 Å². The third-order valence-electron chi connectivity index (χ3n) is 24.2. The van der Waals surface area contributed by atoms with Crippen molar-refractivity contribution in [1.82, 2.24) is 22.8 Å². The van der Waals surface area contributed by atoms with E-state index in [0.29, 0.717) is 12.1 Å². The summed E-state index contributed by atoms with van der Waals surface area (Å²) in [6.45, 7) is 22.3. The minimum absolute atomic E-state index is 0.0359. The fraction of sp³-hybridized carbons (Fsp3) is 0.189. The standard InChI is InChI=1S/2C23H24N2.2C22H22N2.C21H20N2/c1-23(2,3)25-21-13-9-8-12-19(21)20-16-18(14-15-22(20)25)24(4)17-10-6-5-7-11-17;1-4-17(2)25-22-13-9-8-12-20(22)21-16-19(14-15-23(21)25)24(3)18-10-6-5-7-11-18;1-16(2)24-21-12-8-7-11-19(21)20-15-18(13-14-22(20)24)23(3)17-9-5-4-6-10-17;1-3-15-24-21-12-8-7-11-19(21)20-16-18(13-14-22(20)24)23(2)17-9-5-4-6-10-17;1-3-23-20-12-8-7-11-18(20)19-15-17(13-14-21(19)23)22(2)16-9-5-4-6-10-16/h5-16H,1-4H3;5-17H,4H2,1-3H3;4-16H,1-3H3;4-14,16H,3,15H2,1-2H3;4-15H,3H2,1-2H3. The molecule has 20 rings (SSSR count). The maximum atomic E-state index is 2.48. The van der Waals surface area contributed by atoms with E-state index >= 15 is 0 Å². The second kappa shape index (κ2) is 35.5. The van der Waals surface area contributed by atoms with Gasteiger partial charge in [0.15, 0.2) is 0 Å². The van der Waals surface area contributed by atoms with E-state index in [0.717, 1.165) is 25.9 Å². The van der Waals surface area contributed by atoms with E-state index in [-0.39, 0.29) is 5.54 Å². The normalized spacial score (nSPS) is 11.7. The van der Waals surface area contributed by atoms with Crippen LogP contribution in [0.5, 0.6) is 0 Å². The highest BCUT2D eigenvalue weighted by atomic mass is 15.1. The van der Waals surface area contributed by atoms with Crippen LogP contribution in [-0.2, 0) is 18.6 Å². The Morgan fingerprint density at radius 3 is 0.802 bits per heavy atom. The first kappa shape index (κ1) is 81.1. The van der Waals surface area contributed by atoms with Gasteiger partial charge in [-0.25, -0.2) is 0 Å². The van der Waals surface area contributed by atoms with Crippen LogP contribution in [0.15, 0.2) is 364 Å². The van der Waals surface area contributed by atoms with Crippen molar-refractivity contribution in [2.24, 2.45) is 0 Å². The molecule has 0 bridgehead atoms. The molecular formula is C111H112N10. The molecule has 5 heterocycles. The Balaban J connectivity index is 0.000000112. The molecule has 1 atom stereocenters. The second-order valence-corrected chi connectivity index (χ2v) is 33.1. The summed E-state index contributed by atoms with van der Waals surface area (Å²) in [6.07, 6.45) is 2.26. The molecule has 0 saturated heterocycles. The Bertz CT molecular complexity index is 6940. The van der Waals surface area contributed by atoms with Crippen LogP contribution >= 0.6 is 0 Å². The Morgan fingerprint density at radius 1 is 0.240 bits per heavy atom. The summed E-state index contributed by atoms with van der Waals surface area (Å²) in [5.41, 5.74) is 25.2. The maximum Gasteiger partial charge on any atom is 0.0497 e. The van der Waals surface area contributed by atoms with Crippen molar-refractivity contribution in [1.29, 1.82) is 0 Å². The fourth-order valence-corrected chi connectivity index (χ4v) is 17.8. The summed E-state index contributed by atoms with van der Waals surface area (Å²) in [7, 11) is 10.6. The van der Waals surface area contributed by atoms with Crippen LogP contribution in [0.25, 0.3) is 109 Å². The zero-order valence-corrected chi connectivity index (χ0v) is 72.6. The molecule has 606 valence electrons. The number of benzene rings is 15. The van der Waals surface area contributed by atoms with Crippen LogP contribution in [0.2, 0.25) is 0 Å². The van der Waals surface area contributed by atoms with Crippen molar-refractivity contribution >= 4 is 166 Å². The van der Waals surface area contributed by atoms with Gasteiger partial charge in [0, 0.05) is 232 Å². The summed E-state index contributed by atoms with van der Waals surface area (Å²) in [4.78, 5) is 11.2. The lowest BCUT2D eigenvalue weighted by Crippen LogP contribution is -2.21. The highest BCUT2D eigenvalue weighted by Gasteiger charge is 2.23. The summed E-state index contributed by atoms with van der Waals surface area (Å²) in [5, 5.41) is 13.3. The van der Waals surface area contributed by atoms with Crippen molar-refractivity contribution in [2.45, 2.75) is 106 Å². The van der Waals surface area contributed by atoms with Crippen molar-refractivity contribution in [3.8, 4) is 0 Å². The molecule has 10 heteroatoms. The van der Waals surface area contributed by atoms with Gasteiger partial charge >= 0.3 is 0 Å². The summed E-state index contributed by atoms with van der Waals surface area (Å²) >= 11 is 0. The predicted octanol–water partition coefficient (Wildman–Crippen LogP) is 30.5. The Kier molecular flexibility index (Phi) is 23.8.